The Kier molecular flexibility index (Phi) is 15.3. The minimum Gasteiger partial charge on any atom is -1.00 e. The molecule has 0 aromatic rings. The van der Waals surface area contributed by atoms with Crippen LogP contribution in [0.1, 0.15) is 34.1 Å². The summed E-state index contributed by atoms with van der Waals surface area (Å²) in [6.45, 7) is 8.67. The van der Waals surface area contributed by atoms with Crippen LogP contribution in [0.2, 0.25) is 0 Å². The van der Waals surface area contributed by atoms with Gasteiger partial charge in [0.2, 0.25) is 0 Å². The second kappa shape index (κ2) is 11.5. The first-order valence-electron chi connectivity index (χ1n) is 5.12. The molecule has 0 spiro atoms. The van der Waals surface area contributed by atoms with Gasteiger partial charge in [-0.15, -0.1) is 13.3 Å². The molecule has 0 N–H and O–H groups in total. The van der Waals surface area contributed by atoms with Gasteiger partial charge in [-0.05, 0) is 0 Å². The molecule has 2 rings (SSSR count). The summed E-state index contributed by atoms with van der Waals surface area (Å²) >= 11 is 0. The van der Waals surface area contributed by atoms with Gasteiger partial charge >= 0.3 is 26.2 Å². The summed E-state index contributed by atoms with van der Waals surface area (Å²) in [6.07, 6.45) is 13.4. The first kappa shape index (κ1) is 22.6. The topological polar surface area (TPSA) is 0 Å². The Morgan fingerprint density at radius 1 is 1.18 bits per heavy atom. The quantitative estimate of drug-likeness (QED) is 0.446. The van der Waals surface area contributed by atoms with E-state index in [4.69, 9.17) is 0 Å². The normalized spacial score (nSPS) is 19.5. The van der Waals surface area contributed by atoms with Gasteiger partial charge in [0.15, 0.2) is 0 Å². The van der Waals surface area contributed by atoms with Gasteiger partial charge in [-0.25, -0.2) is 17.7 Å². The molecular weight excluding hydrogens is 330 g/mol. The minimum absolute atomic E-state index is 0. The van der Waals surface area contributed by atoms with Crippen molar-refractivity contribution in [3.63, 3.8) is 0 Å². The van der Waals surface area contributed by atoms with Gasteiger partial charge in [-0.2, -0.15) is 17.2 Å². The zero-order chi connectivity index (χ0) is 10.6. The molecule has 94 valence electrons. The fourth-order valence-corrected chi connectivity index (χ4v) is 1.50. The van der Waals surface area contributed by atoms with Crippen molar-refractivity contribution < 1.29 is 51.0 Å². The fraction of sp³-hybridized carbons (Fsp3) is 0.429. The van der Waals surface area contributed by atoms with Gasteiger partial charge in [0.05, 0.1) is 0 Å². The number of allylic oxidation sites excluding steroid dienone is 8. The van der Waals surface area contributed by atoms with E-state index in [0.29, 0.717) is 5.92 Å². The van der Waals surface area contributed by atoms with Crippen LogP contribution >= 0.6 is 0 Å². The maximum absolute atomic E-state index is 3.36. The van der Waals surface area contributed by atoms with Crippen molar-refractivity contribution in [2.75, 3.05) is 0 Å². The Morgan fingerprint density at radius 2 is 1.76 bits per heavy atom. The Hall–Kier alpha value is 0.423. The van der Waals surface area contributed by atoms with Crippen LogP contribution in [-0.4, -0.2) is 0 Å². The summed E-state index contributed by atoms with van der Waals surface area (Å²) in [4.78, 5) is 0. The van der Waals surface area contributed by atoms with E-state index >= 15 is 0 Å². The van der Waals surface area contributed by atoms with Gasteiger partial charge < -0.3 is 24.8 Å². The largest absolute Gasteiger partial charge is 2.00 e. The summed E-state index contributed by atoms with van der Waals surface area (Å²) < 4.78 is 0. The molecule has 0 nitrogen and oxygen atoms in total. The third-order valence-corrected chi connectivity index (χ3v) is 2.82. The third-order valence-electron chi connectivity index (χ3n) is 2.82. The number of halogens is 2. The fourth-order valence-electron chi connectivity index (χ4n) is 1.50. The van der Waals surface area contributed by atoms with Gasteiger partial charge in [0.1, 0.15) is 0 Å². The summed E-state index contributed by atoms with van der Waals surface area (Å²) in [6, 6.07) is 0. The van der Waals surface area contributed by atoms with Crippen LogP contribution in [0.5, 0.6) is 0 Å². The molecule has 1 atom stereocenters. The molecule has 0 saturated carbocycles. The van der Waals surface area contributed by atoms with Crippen LogP contribution in [0, 0.1) is 18.1 Å². The van der Waals surface area contributed by atoms with E-state index in [1.165, 1.54) is 16.7 Å². The van der Waals surface area contributed by atoms with E-state index in [2.05, 4.69) is 45.9 Å². The van der Waals surface area contributed by atoms with E-state index in [0.717, 1.165) is 6.42 Å². The van der Waals surface area contributed by atoms with Crippen molar-refractivity contribution in [1.82, 2.24) is 0 Å². The third kappa shape index (κ3) is 7.44. The maximum atomic E-state index is 3.36. The SMILES string of the molecule is CC1=[C-]C(C)C(C)=C1C.[C-]1=CC=CC1.[Cl-].[Cl-].[Zr+2]. The van der Waals surface area contributed by atoms with Crippen molar-refractivity contribution >= 4 is 0 Å². The molecule has 17 heavy (non-hydrogen) atoms. The smallest absolute Gasteiger partial charge is 1.00 e. The Morgan fingerprint density at radius 3 is 1.88 bits per heavy atom. The minimum atomic E-state index is 0. The van der Waals surface area contributed by atoms with Crippen LogP contribution in [0.4, 0.5) is 0 Å². The number of hydrogen-bond acceptors (Lipinski definition) is 0. The van der Waals surface area contributed by atoms with Gasteiger partial charge in [-0.3, -0.25) is 12.2 Å². The van der Waals surface area contributed by atoms with Gasteiger partial charge in [0.25, 0.3) is 0 Å². The second-order valence-corrected chi connectivity index (χ2v) is 3.80. The van der Waals surface area contributed by atoms with Crippen LogP contribution in [0.25, 0.3) is 0 Å². The van der Waals surface area contributed by atoms with Gasteiger partial charge in [-0.1, -0.05) is 26.7 Å². The Labute approximate surface area is 137 Å². The van der Waals surface area contributed by atoms with Crippen LogP contribution in [-0.2, 0) is 26.2 Å². The van der Waals surface area contributed by atoms with Crippen molar-refractivity contribution in [1.29, 1.82) is 0 Å². The standard InChI is InChI=1S/C9H13.C5H5.2ClH.Zr/c1-6-5-7(2)9(4)8(6)3;1-2-4-5-3-1;;;/h6H,1-4H3;1-3H,4H2;2*1H;/q2*-1;;;+2/p-2. The summed E-state index contributed by atoms with van der Waals surface area (Å²) in [7, 11) is 0. The zero-order valence-corrected chi connectivity index (χ0v) is 14.7. The molecule has 0 aliphatic heterocycles. The Bertz CT molecular complexity index is 315. The molecule has 2 aliphatic rings. The van der Waals surface area contributed by atoms with Crippen LogP contribution in [0.15, 0.2) is 34.9 Å². The first-order chi connectivity index (χ1) is 6.63. The van der Waals surface area contributed by atoms with Crippen LogP contribution < -0.4 is 24.8 Å². The van der Waals surface area contributed by atoms with E-state index in [-0.39, 0.29) is 51.0 Å². The average Bonchev–Trinajstić information content (AvgIpc) is 2.78. The second-order valence-electron chi connectivity index (χ2n) is 3.80. The molecule has 0 aromatic carbocycles. The van der Waals surface area contributed by atoms with E-state index in [1.807, 2.05) is 12.2 Å². The van der Waals surface area contributed by atoms with Crippen molar-refractivity contribution in [3.8, 4) is 0 Å². The monoisotopic (exact) mass is 346 g/mol. The molecular formula is C14H18Cl2Zr-2. The Balaban J connectivity index is -0.000000216. The summed E-state index contributed by atoms with van der Waals surface area (Å²) in [5.41, 5.74) is 4.25. The number of hydrogen-bond donors (Lipinski definition) is 0. The van der Waals surface area contributed by atoms with Gasteiger partial charge in [0, 0.05) is 0 Å². The molecule has 2 aliphatic carbocycles. The molecule has 0 amide bonds. The predicted octanol–water partition coefficient (Wildman–Crippen LogP) is -1.97. The van der Waals surface area contributed by atoms with E-state index < -0.39 is 0 Å². The number of rotatable bonds is 0. The maximum Gasteiger partial charge on any atom is 2.00 e. The van der Waals surface area contributed by atoms with Crippen LogP contribution in [0.3, 0.4) is 0 Å². The molecule has 0 radical (unpaired) electrons. The molecule has 0 fully saturated rings. The molecule has 3 heteroatoms. The first-order valence-corrected chi connectivity index (χ1v) is 5.12. The summed E-state index contributed by atoms with van der Waals surface area (Å²) in [5, 5.41) is 0. The van der Waals surface area contributed by atoms with Crippen molar-refractivity contribution in [3.05, 3.63) is 47.1 Å². The average molecular weight is 348 g/mol. The van der Waals surface area contributed by atoms with Crippen molar-refractivity contribution in [2.45, 2.75) is 34.1 Å². The van der Waals surface area contributed by atoms with E-state index in [9.17, 15) is 0 Å². The molecule has 0 saturated heterocycles. The molecule has 0 heterocycles. The zero-order valence-electron chi connectivity index (χ0n) is 10.8. The van der Waals surface area contributed by atoms with Crippen molar-refractivity contribution in [2.24, 2.45) is 5.92 Å². The van der Waals surface area contributed by atoms with E-state index in [1.54, 1.807) is 0 Å². The predicted molar refractivity (Wildman–Crippen MR) is 61.5 cm³/mol. The molecule has 0 bridgehead atoms. The molecule has 1 unspecified atom stereocenters. The summed E-state index contributed by atoms with van der Waals surface area (Å²) in [5.74, 6) is 0.560. The molecule has 0 aromatic heterocycles.